The molecule has 3 unspecified atom stereocenters. The summed E-state index contributed by atoms with van der Waals surface area (Å²) in [6, 6.07) is 1.28. The van der Waals surface area contributed by atoms with Crippen LogP contribution >= 0.6 is 0 Å². The molecule has 1 rings (SSSR count). The maximum Gasteiger partial charge on any atom is 0.0500 e. The zero-order valence-corrected chi connectivity index (χ0v) is 10.4. The number of hydrogen-bond acceptors (Lipinski definition) is 3. The van der Waals surface area contributed by atoms with Gasteiger partial charge in [-0.2, -0.15) is 0 Å². The molecule has 0 aliphatic carbocycles. The fraction of sp³-hybridized carbons (Fsp3) is 1.00. The van der Waals surface area contributed by atoms with Gasteiger partial charge < -0.3 is 10.5 Å². The van der Waals surface area contributed by atoms with E-state index >= 15 is 0 Å². The molecule has 0 radical (unpaired) electrons. The third kappa shape index (κ3) is 3.74. The van der Waals surface area contributed by atoms with E-state index in [9.17, 15) is 0 Å². The van der Waals surface area contributed by atoms with Crippen molar-refractivity contribution in [2.45, 2.75) is 45.2 Å². The average Bonchev–Trinajstić information content (AvgIpc) is 2.21. The average molecular weight is 214 g/mol. The van der Waals surface area contributed by atoms with E-state index in [0.717, 1.165) is 19.7 Å². The first-order valence-electron chi connectivity index (χ1n) is 6.13. The predicted molar refractivity (Wildman–Crippen MR) is 63.9 cm³/mol. The van der Waals surface area contributed by atoms with Crippen molar-refractivity contribution in [1.29, 1.82) is 0 Å². The first-order chi connectivity index (χ1) is 7.19. The molecule has 2 N–H and O–H groups in total. The number of nitrogens with zero attached hydrogens (tertiary/aromatic N) is 1. The zero-order chi connectivity index (χ0) is 11.3. The Hall–Kier alpha value is -0.120. The van der Waals surface area contributed by atoms with Crippen molar-refractivity contribution in [1.82, 2.24) is 4.90 Å². The summed E-state index contributed by atoms with van der Waals surface area (Å²) in [5.74, 6) is 0.601. The van der Waals surface area contributed by atoms with Crippen molar-refractivity contribution in [3.8, 4) is 0 Å². The summed E-state index contributed by atoms with van der Waals surface area (Å²) in [5, 5.41) is 0. The summed E-state index contributed by atoms with van der Waals surface area (Å²) in [7, 11) is 1.77. The Morgan fingerprint density at radius 3 is 2.80 bits per heavy atom. The molecule has 1 aliphatic rings. The molecule has 1 aliphatic heterocycles. The Morgan fingerprint density at radius 2 is 2.20 bits per heavy atom. The number of likely N-dealkylation sites (tertiary alicyclic amines) is 1. The van der Waals surface area contributed by atoms with E-state index in [1.165, 1.54) is 19.3 Å². The van der Waals surface area contributed by atoms with Crippen molar-refractivity contribution in [2.24, 2.45) is 11.7 Å². The summed E-state index contributed by atoms with van der Waals surface area (Å²) in [6.07, 6.45) is 3.91. The van der Waals surface area contributed by atoms with Crippen LogP contribution in [0.1, 0.15) is 33.1 Å². The van der Waals surface area contributed by atoms with E-state index in [1.54, 1.807) is 7.11 Å². The van der Waals surface area contributed by atoms with Gasteiger partial charge in [0.05, 0.1) is 0 Å². The molecule has 1 fully saturated rings. The lowest BCUT2D eigenvalue weighted by Crippen LogP contribution is -2.50. The summed E-state index contributed by atoms with van der Waals surface area (Å²) in [4.78, 5) is 2.58. The van der Waals surface area contributed by atoms with Crippen LogP contribution in [0.3, 0.4) is 0 Å². The standard InChI is InChI=1S/C12H26N2O/c1-10(9-15-3)8-14-11(2)5-4-6-12(14)7-13/h10-12H,4-9,13H2,1-3H3. The normalized spacial score (nSPS) is 30.4. The molecule has 0 spiro atoms. The van der Waals surface area contributed by atoms with Gasteiger partial charge in [0.1, 0.15) is 0 Å². The molecule has 0 amide bonds. The van der Waals surface area contributed by atoms with Crippen LogP contribution in [0.15, 0.2) is 0 Å². The van der Waals surface area contributed by atoms with Crippen LogP contribution in [0.5, 0.6) is 0 Å². The lowest BCUT2D eigenvalue weighted by Gasteiger charge is -2.41. The van der Waals surface area contributed by atoms with E-state index in [0.29, 0.717) is 18.0 Å². The Labute approximate surface area is 94.0 Å². The molecule has 3 heteroatoms. The second-order valence-corrected chi connectivity index (χ2v) is 4.93. The quantitative estimate of drug-likeness (QED) is 0.753. The van der Waals surface area contributed by atoms with E-state index in [2.05, 4.69) is 18.7 Å². The minimum atomic E-state index is 0.591. The summed E-state index contributed by atoms with van der Waals surface area (Å²) in [6.45, 7) is 7.33. The topological polar surface area (TPSA) is 38.5 Å². The fourth-order valence-corrected chi connectivity index (χ4v) is 2.62. The minimum Gasteiger partial charge on any atom is -0.384 e. The molecule has 15 heavy (non-hydrogen) atoms. The van der Waals surface area contributed by atoms with E-state index < -0.39 is 0 Å². The molecule has 3 nitrogen and oxygen atoms in total. The lowest BCUT2D eigenvalue weighted by molar-refractivity contribution is 0.0585. The van der Waals surface area contributed by atoms with E-state index in [4.69, 9.17) is 10.5 Å². The highest BCUT2D eigenvalue weighted by Crippen LogP contribution is 2.23. The first-order valence-corrected chi connectivity index (χ1v) is 6.13. The molecule has 0 bridgehead atoms. The van der Waals surface area contributed by atoms with Crippen molar-refractivity contribution >= 4 is 0 Å². The number of methoxy groups -OCH3 is 1. The minimum absolute atomic E-state index is 0.591. The molecular formula is C12H26N2O. The van der Waals surface area contributed by atoms with Gasteiger partial charge in [0.25, 0.3) is 0 Å². The Bertz CT molecular complexity index is 175. The van der Waals surface area contributed by atoms with Crippen LogP contribution < -0.4 is 5.73 Å². The fourth-order valence-electron chi connectivity index (χ4n) is 2.62. The van der Waals surface area contributed by atoms with Crippen molar-refractivity contribution in [3.05, 3.63) is 0 Å². The van der Waals surface area contributed by atoms with Crippen molar-refractivity contribution < 1.29 is 4.74 Å². The Kier molecular flexibility index (Phi) is 5.58. The lowest BCUT2D eigenvalue weighted by atomic mass is 9.95. The van der Waals surface area contributed by atoms with Gasteiger partial charge in [0, 0.05) is 38.9 Å². The highest BCUT2D eigenvalue weighted by molar-refractivity contribution is 4.83. The number of ether oxygens (including phenoxy) is 1. The first kappa shape index (κ1) is 12.9. The smallest absolute Gasteiger partial charge is 0.0500 e. The number of rotatable bonds is 5. The molecule has 0 saturated carbocycles. The maximum atomic E-state index is 5.83. The molecule has 3 atom stereocenters. The van der Waals surface area contributed by atoms with Gasteiger partial charge in [-0.3, -0.25) is 4.90 Å². The van der Waals surface area contributed by atoms with Gasteiger partial charge in [-0.1, -0.05) is 13.3 Å². The van der Waals surface area contributed by atoms with Crippen LogP contribution in [0.2, 0.25) is 0 Å². The van der Waals surface area contributed by atoms with Crippen molar-refractivity contribution in [2.75, 3.05) is 26.8 Å². The molecular weight excluding hydrogens is 188 g/mol. The van der Waals surface area contributed by atoms with E-state index in [1.807, 2.05) is 0 Å². The Morgan fingerprint density at radius 1 is 1.47 bits per heavy atom. The van der Waals surface area contributed by atoms with Crippen LogP contribution in [-0.4, -0.2) is 43.8 Å². The molecule has 90 valence electrons. The van der Waals surface area contributed by atoms with Crippen LogP contribution in [0.4, 0.5) is 0 Å². The molecule has 1 saturated heterocycles. The monoisotopic (exact) mass is 214 g/mol. The molecule has 0 aromatic carbocycles. The van der Waals surface area contributed by atoms with Crippen LogP contribution in [-0.2, 0) is 4.74 Å². The van der Waals surface area contributed by atoms with Crippen LogP contribution in [0.25, 0.3) is 0 Å². The predicted octanol–water partition coefficient (Wildman–Crippen LogP) is 1.47. The second-order valence-electron chi connectivity index (χ2n) is 4.93. The highest BCUT2D eigenvalue weighted by atomic mass is 16.5. The second kappa shape index (κ2) is 6.46. The van der Waals surface area contributed by atoms with Gasteiger partial charge in [-0.15, -0.1) is 0 Å². The summed E-state index contributed by atoms with van der Waals surface area (Å²) < 4.78 is 5.19. The Balaban J connectivity index is 2.46. The van der Waals surface area contributed by atoms with Crippen LogP contribution in [0, 0.1) is 5.92 Å². The third-order valence-electron chi connectivity index (χ3n) is 3.44. The highest BCUT2D eigenvalue weighted by Gasteiger charge is 2.27. The summed E-state index contributed by atoms with van der Waals surface area (Å²) >= 11 is 0. The van der Waals surface area contributed by atoms with Gasteiger partial charge in [-0.25, -0.2) is 0 Å². The van der Waals surface area contributed by atoms with Gasteiger partial charge in [0.15, 0.2) is 0 Å². The van der Waals surface area contributed by atoms with Gasteiger partial charge in [-0.05, 0) is 25.7 Å². The molecule has 1 heterocycles. The van der Waals surface area contributed by atoms with Gasteiger partial charge in [0.2, 0.25) is 0 Å². The molecule has 0 aromatic rings. The van der Waals surface area contributed by atoms with E-state index in [-0.39, 0.29) is 0 Å². The van der Waals surface area contributed by atoms with Crippen molar-refractivity contribution in [3.63, 3.8) is 0 Å². The zero-order valence-electron chi connectivity index (χ0n) is 10.4. The number of nitrogens with two attached hydrogens (primary N) is 1. The molecule has 0 aromatic heterocycles. The number of piperidine rings is 1. The number of hydrogen-bond donors (Lipinski definition) is 1. The third-order valence-corrected chi connectivity index (χ3v) is 3.44. The van der Waals surface area contributed by atoms with Gasteiger partial charge >= 0.3 is 0 Å². The SMILES string of the molecule is COCC(C)CN1C(C)CCCC1CN. The summed E-state index contributed by atoms with van der Waals surface area (Å²) in [5.41, 5.74) is 5.83. The maximum absolute atomic E-state index is 5.83. The largest absolute Gasteiger partial charge is 0.384 e.